The van der Waals surface area contributed by atoms with E-state index in [1.54, 1.807) is 0 Å². The van der Waals surface area contributed by atoms with Crippen molar-refractivity contribution in [3.63, 3.8) is 0 Å². The number of benzene rings is 1. The Bertz CT molecular complexity index is 628. The lowest BCUT2D eigenvalue weighted by atomic mass is 10.1. The van der Waals surface area contributed by atoms with E-state index in [4.69, 9.17) is 4.52 Å². The Hall–Kier alpha value is -2.43. The molecule has 1 amide bonds. The van der Waals surface area contributed by atoms with Gasteiger partial charge in [0.05, 0.1) is 5.69 Å². The number of anilines is 1. The number of hydrogen-bond donors (Lipinski definition) is 1. The molecule has 0 aliphatic carbocycles. The number of carbonyl (C=O) groups is 1. The number of nitrogens with one attached hydrogen (secondary N) is 1. The Balaban J connectivity index is 2.13. The number of amides is 1. The highest BCUT2D eigenvalue weighted by molar-refractivity contribution is 6.54. The van der Waals surface area contributed by atoms with Gasteiger partial charge in [-0.15, -0.1) is 0 Å². The summed E-state index contributed by atoms with van der Waals surface area (Å²) in [6, 6.07) is 7.42. The van der Waals surface area contributed by atoms with Gasteiger partial charge in [0, 0.05) is 11.1 Å². The first-order valence-electron chi connectivity index (χ1n) is 5.16. The molecule has 1 aromatic carbocycles. The highest BCUT2D eigenvalue weighted by Crippen LogP contribution is 2.25. The van der Waals surface area contributed by atoms with Crippen LogP contribution in [0.15, 0.2) is 40.0 Å². The predicted octanol–water partition coefficient (Wildman–Crippen LogP) is 2.06. The molecule has 1 aromatic heterocycles. The van der Waals surface area contributed by atoms with Crippen LogP contribution >= 0.6 is 0 Å². The molecule has 0 unspecified atom stereocenters. The van der Waals surface area contributed by atoms with Gasteiger partial charge in [-0.3, -0.25) is 4.79 Å². The van der Waals surface area contributed by atoms with Crippen molar-refractivity contribution >= 4 is 23.1 Å². The summed E-state index contributed by atoms with van der Waals surface area (Å²) in [4.78, 5) is 16.0. The van der Waals surface area contributed by atoms with Crippen molar-refractivity contribution in [2.45, 2.75) is 6.92 Å². The molecule has 5 heteroatoms. The van der Waals surface area contributed by atoms with Crippen LogP contribution in [-0.4, -0.2) is 16.8 Å². The molecule has 5 nitrogen and oxygen atoms in total. The zero-order chi connectivity index (χ0) is 11.8. The molecule has 1 aliphatic rings. The molecule has 0 saturated carbocycles. The van der Waals surface area contributed by atoms with E-state index < -0.39 is 0 Å². The van der Waals surface area contributed by atoms with Gasteiger partial charge in [-0.2, -0.15) is 0 Å². The maximum atomic E-state index is 11.8. The zero-order valence-corrected chi connectivity index (χ0v) is 9.10. The minimum absolute atomic E-state index is 0.214. The van der Waals surface area contributed by atoms with E-state index in [0.29, 0.717) is 11.5 Å². The molecule has 84 valence electrons. The maximum absolute atomic E-state index is 11.8. The number of rotatable bonds is 1. The van der Waals surface area contributed by atoms with Crippen LogP contribution in [0.1, 0.15) is 11.1 Å². The Labute approximate surface area is 97.1 Å². The second kappa shape index (κ2) is 3.55. The quantitative estimate of drug-likeness (QED) is 0.810. The van der Waals surface area contributed by atoms with Gasteiger partial charge in [0.15, 0.2) is 5.82 Å². The van der Waals surface area contributed by atoms with Crippen LogP contribution in [0.25, 0.3) is 0 Å². The van der Waals surface area contributed by atoms with E-state index in [2.05, 4.69) is 15.5 Å². The normalized spacial score (nSPS) is 16.1. The lowest BCUT2D eigenvalue weighted by Crippen LogP contribution is -2.13. The Kier molecular flexibility index (Phi) is 2.04. The molecule has 1 N–H and O–H groups in total. The van der Waals surface area contributed by atoms with Crippen molar-refractivity contribution in [1.29, 1.82) is 0 Å². The summed E-state index contributed by atoms with van der Waals surface area (Å²) in [5, 5.41) is 6.50. The molecule has 0 atom stereocenters. The molecule has 0 fully saturated rings. The smallest absolute Gasteiger partial charge is 0.275 e. The van der Waals surface area contributed by atoms with Crippen molar-refractivity contribution in [1.82, 2.24) is 5.16 Å². The molecule has 3 rings (SSSR count). The van der Waals surface area contributed by atoms with Crippen LogP contribution in [-0.2, 0) is 4.79 Å². The molecule has 0 radical (unpaired) electrons. The summed E-state index contributed by atoms with van der Waals surface area (Å²) >= 11 is 0. The van der Waals surface area contributed by atoms with Crippen LogP contribution < -0.4 is 5.32 Å². The van der Waals surface area contributed by atoms with Gasteiger partial charge in [0.1, 0.15) is 12.0 Å². The summed E-state index contributed by atoms with van der Waals surface area (Å²) in [5.74, 6) is 0.223. The molecular weight excluding hydrogens is 218 g/mol. The van der Waals surface area contributed by atoms with E-state index in [9.17, 15) is 4.79 Å². The SMILES string of the molecule is Cc1conc1N=C1C(=O)Nc2ccccc21. The Morgan fingerprint density at radius 1 is 1.35 bits per heavy atom. The van der Waals surface area contributed by atoms with Crippen LogP contribution in [0.5, 0.6) is 0 Å². The number of aryl methyl sites for hydroxylation is 1. The molecular formula is C12H9N3O2. The summed E-state index contributed by atoms with van der Waals surface area (Å²) < 4.78 is 4.79. The summed E-state index contributed by atoms with van der Waals surface area (Å²) in [6.45, 7) is 1.83. The summed E-state index contributed by atoms with van der Waals surface area (Å²) in [5.41, 5.74) is 2.74. The number of aliphatic imine (C=N–C) groups is 1. The lowest BCUT2D eigenvalue weighted by Gasteiger charge is -1.95. The van der Waals surface area contributed by atoms with Gasteiger partial charge >= 0.3 is 0 Å². The molecule has 1 aliphatic heterocycles. The van der Waals surface area contributed by atoms with Gasteiger partial charge in [-0.25, -0.2) is 4.99 Å². The van der Waals surface area contributed by atoms with E-state index >= 15 is 0 Å². The molecule has 0 spiro atoms. The van der Waals surface area contributed by atoms with E-state index in [1.807, 2.05) is 31.2 Å². The summed E-state index contributed by atoms with van der Waals surface area (Å²) in [6.07, 6.45) is 1.50. The molecule has 2 aromatic rings. The van der Waals surface area contributed by atoms with Crippen LogP contribution in [0, 0.1) is 6.92 Å². The van der Waals surface area contributed by atoms with Crippen molar-refractivity contribution in [3.05, 3.63) is 41.7 Å². The minimum atomic E-state index is -0.214. The number of aromatic nitrogens is 1. The standard InChI is InChI=1S/C12H9N3O2/c1-7-6-17-15-11(7)14-10-8-4-2-3-5-9(8)13-12(10)16/h2-6H,1H3,(H,13,14,15,16). The molecule has 17 heavy (non-hydrogen) atoms. The number of hydrogen-bond acceptors (Lipinski definition) is 4. The topological polar surface area (TPSA) is 67.5 Å². The van der Waals surface area contributed by atoms with Gasteiger partial charge in [0.25, 0.3) is 5.91 Å². The fourth-order valence-electron chi connectivity index (χ4n) is 1.71. The zero-order valence-electron chi connectivity index (χ0n) is 9.10. The van der Waals surface area contributed by atoms with E-state index in [-0.39, 0.29) is 5.91 Å². The fraction of sp³-hybridized carbons (Fsp3) is 0.0833. The molecule has 0 bridgehead atoms. The average Bonchev–Trinajstić information content (AvgIpc) is 2.85. The first-order chi connectivity index (χ1) is 8.25. The van der Waals surface area contributed by atoms with Crippen LogP contribution in [0.2, 0.25) is 0 Å². The van der Waals surface area contributed by atoms with Crippen molar-refractivity contribution < 1.29 is 9.32 Å². The van der Waals surface area contributed by atoms with Crippen molar-refractivity contribution in [3.8, 4) is 0 Å². The van der Waals surface area contributed by atoms with Gasteiger partial charge in [-0.1, -0.05) is 23.4 Å². The van der Waals surface area contributed by atoms with E-state index in [0.717, 1.165) is 16.8 Å². The highest BCUT2D eigenvalue weighted by Gasteiger charge is 2.25. The van der Waals surface area contributed by atoms with Gasteiger partial charge in [-0.05, 0) is 13.0 Å². The summed E-state index contributed by atoms with van der Waals surface area (Å²) in [7, 11) is 0. The van der Waals surface area contributed by atoms with Crippen LogP contribution in [0.4, 0.5) is 11.5 Å². The third-order valence-corrected chi connectivity index (χ3v) is 2.58. The molecule has 0 saturated heterocycles. The van der Waals surface area contributed by atoms with Gasteiger partial charge in [0.2, 0.25) is 0 Å². The number of para-hydroxylation sites is 1. The van der Waals surface area contributed by atoms with Crippen molar-refractivity contribution in [2.24, 2.45) is 4.99 Å². The average molecular weight is 227 g/mol. The largest absolute Gasteiger partial charge is 0.362 e. The van der Waals surface area contributed by atoms with Crippen LogP contribution in [0.3, 0.4) is 0 Å². The number of fused-ring (bicyclic) bond motifs is 1. The monoisotopic (exact) mass is 227 g/mol. The number of carbonyl (C=O) groups excluding carboxylic acids is 1. The first kappa shape index (κ1) is 9.77. The third-order valence-electron chi connectivity index (χ3n) is 2.58. The Morgan fingerprint density at radius 2 is 2.18 bits per heavy atom. The maximum Gasteiger partial charge on any atom is 0.275 e. The van der Waals surface area contributed by atoms with Crippen molar-refractivity contribution in [2.75, 3.05) is 5.32 Å². The van der Waals surface area contributed by atoms with E-state index in [1.165, 1.54) is 6.26 Å². The fourth-order valence-corrected chi connectivity index (χ4v) is 1.71. The Morgan fingerprint density at radius 3 is 2.94 bits per heavy atom. The third kappa shape index (κ3) is 1.52. The lowest BCUT2D eigenvalue weighted by molar-refractivity contribution is -0.110. The second-order valence-corrected chi connectivity index (χ2v) is 3.78. The van der Waals surface area contributed by atoms with Gasteiger partial charge < -0.3 is 9.84 Å². The first-order valence-corrected chi connectivity index (χ1v) is 5.16. The highest BCUT2D eigenvalue weighted by atomic mass is 16.5. The second-order valence-electron chi connectivity index (χ2n) is 3.78. The number of nitrogens with zero attached hydrogens (tertiary/aromatic N) is 2. The minimum Gasteiger partial charge on any atom is -0.362 e. The predicted molar refractivity (Wildman–Crippen MR) is 62.5 cm³/mol. The molecule has 2 heterocycles.